The van der Waals surface area contributed by atoms with Gasteiger partial charge in [0.2, 0.25) is 0 Å². The molecule has 9 heteroatoms. The molecule has 1 unspecified atom stereocenters. The maximum atomic E-state index is 12.1. The van der Waals surface area contributed by atoms with Crippen LogP contribution in [-0.2, 0) is 9.53 Å². The van der Waals surface area contributed by atoms with Crippen LogP contribution >= 0.6 is 27.5 Å². The highest BCUT2D eigenvalue weighted by Crippen LogP contribution is 2.39. The lowest BCUT2D eigenvalue weighted by Gasteiger charge is -2.38. The molecule has 7 nitrogen and oxygen atoms in total. The van der Waals surface area contributed by atoms with Crippen molar-refractivity contribution in [3.63, 3.8) is 0 Å². The Morgan fingerprint density at radius 1 is 1.33 bits per heavy atom. The summed E-state index contributed by atoms with van der Waals surface area (Å²) in [5.74, 6) is 0.791. The zero-order valence-corrected chi connectivity index (χ0v) is 19.8. The van der Waals surface area contributed by atoms with Crippen molar-refractivity contribution in [3.8, 4) is 0 Å². The standard InChI is InChI=1S/C21H26BrN5O2S/c1-14-12-15-19(23-16-6-4-5-7-17(16)24-20(15)30-14)27-10-8-26(9-11-27)13-18(25(2)22)21(28)29-3/h4-7,12,18,24H,8-11,13H2,1-3H3. The molecule has 4 rings (SSSR count). The van der Waals surface area contributed by atoms with Gasteiger partial charge in [-0.15, -0.1) is 11.3 Å². The van der Waals surface area contributed by atoms with Crippen molar-refractivity contribution >= 4 is 55.7 Å². The van der Waals surface area contributed by atoms with Gasteiger partial charge in [0.1, 0.15) is 16.9 Å². The molecule has 1 aromatic carbocycles. The Balaban J connectivity index is 1.52. The number of amidine groups is 1. The number of nitrogens with zero attached hydrogens (tertiary/aromatic N) is 4. The number of para-hydroxylation sites is 2. The normalized spacial score (nSPS) is 17.5. The SMILES string of the molecule is COC(=O)C(CN1CCN(C2=Nc3ccccc3Nc3sc(C)cc32)CC1)N(C)Br. The number of methoxy groups -OCH3 is 1. The predicted molar refractivity (Wildman–Crippen MR) is 125 cm³/mol. The molecule has 1 fully saturated rings. The molecule has 0 bridgehead atoms. The maximum Gasteiger partial charge on any atom is 0.325 e. The number of aryl methyl sites for hydroxylation is 1. The monoisotopic (exact) mass is 491 g/mol. The lowest BCUT2D eigenvalue weighted by Crippen LogP contribution is -2.53. The number of carbonyl (C=O) groups excluding carboxylic acids is 1. The van der Waals surface area contributed by atoms with Gasteiger partial charge in [0.05, 0.1) is 24.0 Å². The van der Waals surface area contributed by atoms with Crippen molar-refractivity contribution in [1.29, 1.82) is 0 Å². The van der Waals surface area contributed by atoms with Crippen LogP contribution in [-0.4, -0.2) is 78.5 Å². The molecule has 1 saturated heterocycles. The van der Waals surface area contributed by atoms with E-state index in [9.17, 15) is 4.79 Å². The van der Waals surface area contributed by atoms with Crippen LogP contribution in [0.4, 0.5) is 16.4 Å². The first kappa shape index (κ1) is 21.3. The van der Waals surface area contributed by atoms with Gasteiger partial charge in [-0.1, -0.05) is 12.1 Å². The molecule has 2 aliphatic heterocycles. The van der Waals surface area contributed by atoms with Crippen molar-refractivity contribution in [1.82, 2.24) is 13.7 Å². The van der Waals surface area contributed by atoms with Crippen molar-refractivity contribution < 1.29 is 9.53 Å². The maximum absolute atomic E-state index is 12.1. The number of fused-ring (bicyclic) bond motifs is 2. The minimum atomic E-state index is -0.334. The fraction of sp³-hybridized carbons (Fsp3) is 0.429. The summed E-state index contributed by atoms with van der Waals surface area (Å²) in [7, 11) is 3.27. The van der Waals surface area contributed by atoms with Crippen molar-refractivity contribution in [2.24, 2.45) is 4.99 Å². The first-order valence-corrected chi connectivity index (χ1v) is 11.5. The molecule has 0 aliphatic carbocycles. The van der Waals surface area contributed by atoms with Crippen LogP contribution in [0.5, 0.6) is 0 Å². The van der Waals surface area contributed by atoms with Crippen molar-refractivity contribution in [3.05, 3.63) is 40.8 Å². The van der Waals surface area contributed by atoms with Crippen LogP contribution in [0.1, 0.15) is 10.4 Å². The Morgan fingerprint density at radius 2 is 2.07 bits per heavy atom. The predicted octanol–water partition coefficient (Wildman–Crippen LogP) is 3.59. The molecular weight excluding hydrogens is 466 g/mol. The van der Waals surface area contributed by atoms with E-state index in [2.05, 4.69) is 56.4 Å². The molecule has 0 saturated carbocycles. The van der Waals surface area contributed by atoms with Crippen molar-refractivity contribution in [2.75, 3.05) is 52.2 Å². The summed E-state index contributed by atoms with van der Waals surface area (Å²) >= 11 is 5.16. The number of likely N-dealkylation sites (N-methyl/N-ethyl adjacent to an activating group) is 1. The van der Waals surface area contributed by atoms with Crippen molar-refractivity contribution in [2.45, 2.75) is 13.0 Å². The molecule has 30 heavy (non-hydrogen) atoms. The van der Waals surface area contributed by atoms with E-state index in [1.54, 1.807) is 15.3 Å². The first-order chi connectivity index (χ1) is 14.5. The van der Waals surface area contributed by atoms with Gasteiger partial charge in [-0.25, -0.2) is 8.92 Å². The lowest BCUT2D eigenvalue weighted by molar-refractivity contribution is -0.145. The zero-order valence-electron chi connectivity index (χ0n) is 17.4. The number of carbonyl (C=O) groups is 1. The number of aliphatic imine (C=N–C) groups is 1. The molecule has 1 aromatic heterocycles. The second-order valence-corrected chi connectivity index (χ2v) is 9.90. The number of benzene rings is 1. The molecule has 2 aliphatic rings. The number of halogens is 1. The average molecular weight is 492 g/mol. The second kappa shape index (κ2) is 9.05. The number of rotatable bonds is 4. The van der Waals surface area contributed by atoms with Gasteiger partial charge in [0.25, 0.3) is 0 Å². The third-order valence-electron chi connectivity index (χ3n) is 5.48. The zero-order chi connectivity index (χ0) is 21.3. The summed E-state index contributed by atoms with van der Waals surface area (Å²) in [5, 5.41) is 4.71. The molecule has 1 N–H and O–H groups in total. The first-order valence-electron chi connectivity index (χ1n) is 9.95. The second-order valence-electron chi connectivity index (χ2n) is 7.53. The highest BCUT2D eigenvalue weighted by atomic mass is 79.9. The summed E-state index contributed by atoms with van der Waals surface area (Å²) in [6, 6.07) is 10.1. The van der Waals surface area contributed by atoms with Gasteiger partial charge in [-0.05, 0) is 32.2 Å². The van der Waals surface area contributed by atoms with Gasteiger partial charge >= 0.3 is 5.97 Å². The van der Waals surface area contributed by atoms with Gasteiger partial charge < -0.3 is 15.0 Å². The smallest absolute Gasteiger partial charge is 0.325 e. The van der Waals surface area contributed by atoms with E-state index in [4.69, 9.17) is 9.73 Å². The number of ether oxygens (including phenoxy) is 1. The van der Waals surface area contributed by atoms with E-state index in [1.165, 1.54) is 12.0 Å². The lowest BCUT2D eigenvalue weighted by atomic mass is 10.2. The number of hydrogen-bond donors (Lipinski definition) is 1. The number of piperazine rings is 1. The molecule has 3 heterocycles. The highest BCUT2D eigenvalue weighted by Gasteiger charge is 2.30. The van der Waals surface area contributed by atoms with Crippen LogP contribution in [0.2, 0.25) is 0 Å². The molecule has 1 atom stereocenters. The Labute approximate surface area is 189 Å². The fourth-order valence-electron chi connectivity index (χ4n) is 3.84. The summed E-state index contributed by atoms with van der Waals surface area (Å²) in [6.45, 7) is 6.19. The van der Waals surface area contributed by atoms with Gasteiger partial charge in [0, 0.05) is 53.7 Å². The summed E-state index contributed by atoms with van der Waals surface area (Å²) in [5.41, 5.74) is 3.16. The van der Waals surface area contributed by atoms with E-state index in [-0.39, 0.29) is 12.0 Å². The largest absolute Gasteiger partial charge is 0.468 e. The number of anilines is 2. The Hall–Kier alpha value is -1.94. The third kappa shape index (κ3) is 4.39. The fourth-order valence-corrected chi connectivity index (χ4v) is 5.06. The molecule has 160 valence electrons. The highest BCUT2D eigenvalue weighted by molar-refractivity contribution is 9.07. The number of thiophene rings is 1. The topological polar surface area (TPSA) is 60.4 Å². The number of hydrogen-bond acceptors (Lipinski definition) is 8. The summed E-state index contributed by atoms with van der Waals surface area (Å²) < 4.78 is 6.69. The number of esters is 1. The molecular formula is C21H26BrN5O2S. The van der Waals surface area contributed by atoms with Gasteiger partial charge in [0.15, 0.2) is 0 Å². The van der Waals surface area contributed by atoms with Crippen LogP contribution in [0.25, 0.3) is 0 Å². The van der Waals surface area contributed by atoms with Gasteiger partial charge in [-0.2, -0.15) is 0 Å². The molecule has 2 aromatic rings. The molecule has 0 amide bonds. The Kier molecular flexibility index (Phi) is 6.43. The summed E-state index contributed by atoms with van der Waals surface area (Å²) in [4.78, 5) is 23.1. The summed E-state index contributed by atoms with van der Waals surface area (Å²) in [6.07, 6.45) is 0. The minimum Gasteiger partial charge on any atom is -0.468 e. The Bertz CT molecular complexity index is 953. The quantitative estimate of drug-likeness (QED) is 0.520. The third-order valence-corrected chi connectivity index (χ3v) is 6.94. The van der Waals surface area contributed by atoms with Gasteiger partial charge in [-0.3, -0.25) is 9.69 Å². The van der Waals surface area contributed by atoms with E-state index in [0.29, 0.717) is 6.54 Å². The minimum absolute atomic E-state index is 0.231. The number of nitrogens with one attached hydrogen (secondary N) is 1. The molecule has 0 spiro atoms. The van der Waals surface area contributed by atoms with E-state index in [0.717, 1.165) is 54.0 Å². The average Bonchev–Trinajstić information content (AvgIpc) is 3.03. The van der Waals surface area contributed by atoms with Crippen LogP contribution in [0.3, 0.4) is 0 Å². The van der Waals surface area contributed by atoms with E-state index in [1.807, 2.05) is 19.2 Å². The van der Waals surface area contributed by atoms with Crippen LogP contribution in [0.15, 0.2) is 35.3 Å². The van der Waals surface area contributed by atoms with E-state index >= 15 is 0 Å². The molecule has 0 radical (unpaired) electrons. The Morgan fingerprint density at radius 3 is 2.77 bits per heavy atom. The van der Waals surface area contributed by atoms with E-state index < -0.39 is 0 Å². The van der Waals surface area contributed by atoms with Crippen LogP contribution < -0.4 is 5.32 Å². The van der Waals surface area contributed by atoms with Crippen LogP contribution in [0, 0.1) is 6.92 Å².